The van der Waals surface area contributed by atoms with Crippen LogP contribution in [0.5, 0.6) is 11.6 Å². The molecule has 0 saturated carbocycles. The van der Waals surface area contributed by atoms with E-state index in [9.17, 15) is 14.7 Å². The van der Waals surface area contributed by atoms with E-state index in [1.165, 1.54) is 0 Å². The highest BCUT2D eigenvalue weighted by atomic mass is 16.5. The molecule has 2 aromatic carbocycles. The number of carbonyl (C=O) groups is 1. The third-order valence-corrected chi connectivity index (χ3v) is 5.65. The second-order valence-corrected chi connectivity index (χ2v) is 7.82. The lowest BCUT2D eigenvalue weighted by atomic mass is 10.00. The van der Waals surface area contributed by atoms with Gasteiger partial charge in [0.2, 0.25) is 11.8 Å². The molecule has 1 amide bonds. The summed E-state index contributed by atoms with van der Waals surface area (Å²) >= 11 is 0. The van der Waals surface area contributed by atoms with E-state index in [0.717, 1.165) is 11.1 Å². The highest BCUT2D eigenvalue weighted by molar-refractivity contribution is 5.99. The normalized spacial score (nSPS) is 13.9. The van der Waals surface area contributed by atoms with E-state index in [1.807, 2.05) is 24.3 Å². The quantitative estimate of drug-likeness (QED) is 0.152. The molecule has 0 bridgehead atoms. The smallest absolute Gasteiger partial charge is 0.325 e. The van der Waals surface area contributed by atoms with Crippen molar-refractivity contribution in [3.05, 3.63) is 75.3 Å². The van der Waals surface area contributed by atoms with Gasteiger partial charge in [0.1, 0.15) is 5.75 Å². The zero-order chi connectivity index (χ0) is 24.2. The molecule has 2 heterocycles. The van der Waals surface area contributed by atoms with Crippen molar-refractivity contribution in [2.75, 3.05) is 7.11 Å². The molecule has 6 N–H and O–H groups in total. The Morgan fingerprint density at radius 1 is 1.26 bits per heavy atom. The Bertz CT molecular complexity index is 1330. The fraction of sp³-hybridized carbons (Fsp3) is 0.217. The van der Waals surface area contributed by atoms with Crippen LogP contribution in [0.4, 0.5) is 5.69 Å². The van der Waals surface area contributed by atoms with Crippen LogP contribution >= 0.6 is 0 Å². The second kappa shape index (κ2) is 9.41. The number of nitriles is 1. The summed E-state index contributed by atoms with van der Waals surface area (Å²) in [6, 6.07) is 12.2. The number of aromatic hydroxyl groups is 1. The fourth-order valence-corrected chi connectivity index (χ4v) is 4.01. The molecule has 4 rings (SSSR count). The van der Waals surface area contributed by atoms with Gasteiger partial charge in [-0.1, -0.05) is 18.2 Å². The first-order chi connectivity index (χ1) is 16.4. The van der Waals surface area contributed by atoms with Crippen LogP contribution in [-0.4, -0.2) is 45.0 Å². The Morgan fingerprint density at radius 2 is 2.03 bits per heavy atom. The first-order valence-corrected chi connectivity index (χ1v) is 10.4. The minimum atomic E-state index is -0.516. The number of aromatic amines is 2. The number of rotatable bonds is 7. The van der Waals surface area contributed by atoms with Crippen molar-refractivity contribution in [3.8, 4) is 17.8 Å². The summed E-state index contributed by atoms with van der Waals surface area (Å²) < 4.78 is 5.26. The molecule has 0 aliphatic carbocycles. The van der Waals surface area contributed by atoms with Crippen molar-refractivity contribution >= 4 is 17.6 Å². The second-order valence-electron chi connectivity index (χ2n) is 7.82. The highest BCUT2D eigenvalue weighted by Gasteiger charge is 2.34. The van der Waals surface area contributed by atoms with E-state index in [0.29, 0.717) is 35.7 Å². The molecular weight excluding hydrogens is 438 g/mol. The topological polar surface area (TPSA) is 173 Å². The summed E-state index contributed by atoms with van der Waals surface area (Å²) in [5.74, 6) is 0.189. The monoisotopic (exact) mass is 461 g/mol. The maximum absolute atomic E-state index is 13.3. The van der Waals surface area contributed by atoms with Gasteiger partial charge in [-0.05, 0) is 41.8 Å². The van der Waals surface area contributed by atoms with E-state index in [1.54, 1.807) is 36.4 Å². The number of ether oxygens (including phenoxy) is 1. The van der Waals surface area contributed by atoms with Crippen LogP contribution < -0.4 is 21.5 Å². The first kappa shape index (κ1) is 22.5. The standard InChI is InChI=1S/C23H23N7O4/c1-34-17-7-4-14-11-30(21(32)18(14)10-17)16(9-19-20(31)29-23(33)28-19)8-13-2-5-15(6-3-13)27-22(25)26-12-24/h2-7,10,16,31H,8-9,11H2,1H3,(H3,25,26,27)(H2,28,29,33). The Kier molecular flexibility index (Phi) is 6.22. The minimum absolute atomic E-state index is 0.0177. The van der Waals surface area contributed by atoms with Crippen molar-refractivity contribution in [1.82, 2.24) is 20.2 Å². The molecule has 1 aliphatic rings. The largest absolute Gasteiger partial charge is 0.497 e. The number of methoxy groups -OCH3 is 1. The molecule has 11 heteroatoms. The Labute approximate surface area is 194 Å². The van der Waals surface area contributed by atoms with Gasteiger partial charge < -0.3 is 25.5 Å². The van der Waals surface area contributed by atoms with Gasteiger partial charge in [-0.3, -0.25) is 15.1 Å². The number of carbonyl (C=O) groups excluding carboxylic acids is 1. The van der Waals surface area contributed by atoms with Gasteiger partial charge in [0.05, 0.1) is 18.5 Å². The van der Waals surface area contributed by atoms with Crippen molar-refractivity contribution in [3.63, 3.8) is 0 Å². The summed E-state index contributed by atoms with van der Waals surface area (Å²) in [6.45, 7) is 0.400. The maximum Gasteiger partial charge on any atom is 0.325 e. The SMILES string of the molecule is COc1ccc2c(c1)C(=O)N(C(Cc1ccc(N=C(N)NC#N)cc1)Cc1[nH]c(=O)[nH]c1O)C2. The molecule has 174 valence electrons. The van der Waals surface area contributed by atoms with E-state index < -0.39 is 5.69 Å². The summed E-state index contributed by atoms with van der Waals surface area (Å²) in [4.78, 5) is 35.7. The summed E-state index contributed by atoms with van der Waals surface area (Å²) in [7, 11) is 1.55. The zero-order valence-corrected chi connectivity index (χ0v) is 18.3. The number of H-pyrrole nitrogens is 2. The number of guanidine groups is 1. The zero-order valence-electron chi connectivity index (χ0n) is 18.3. The van der Waals surface area contributed by atoms with Crippen LogP contribution in [0.25, 0.3) is 0 Å². The van der Waals surface area contributed by atoms with E-state index in [2.05, 4.69) is 20.3 Å². The number of aliphatic imine (C=N–C) groups is 1. The summed E-state index contributed by atoms with van der Waals surface area (Å²) in [6.07, 6.45) is 2.40. The van der Waals surface area contributed by atoms with E-state index >= 15 is 0 Å². The van der Waals surface area contributed by atoms with Crippen LogP contribution in [0, 0.1) is 11.5 Å². The van der Waals surface area contributed by atoms with Crippen LogP contribution in [0.3, 0.4) is 0 Å². The third kappa shape index (κ3) is 4.71. The van der Waals surface area contributed by atoms with Gasteiger partial charge in [0, 0.05) is 24.6 Å². The molecule has 1 unspecified atom stereocenters. The molecule has 0 spiro atoms. The van der Waals surface area contributed by atoms with Crippen molar-refractivity contribution in [2.24, 2.45) is 10.7 Å². The Balaban J connectivity index is 1.61. The van der Waals surface area contributed by atoms with Gasteiger partial charge in [-0.15, -0.1) is 0 Å². The molecule has 0 radical (unpaired) electrons. The van der Waals surface area contributed by atoms with Crippen molar-refractivity contribution in [1.29, 1.82) is 5.26 Å². The molecule has 0 saturated heterocycles. The Hall–Kier alpha value is -4.72. The summed E-state index contributed by atoms with van der Waals surface area (Å²) in [5, 5.41) is 21.0. The van der Waals surface area contributed by atoms with Gasteiger partial charge in [0.25, 0.3) is 5.91 Å². The number of imidazole rings is 1. The number of hydrogen-bond acceptors (Lipinski definition) is 6. The molecule has 1 atom stereocenters. The number of amides is 1. The number of nitrogens with zero attached hydrogens (tertiary/aromatic N) is 3. The number of benzene rings is 2. The van der Waals surface area contributed by atoms with E-state index in [4.69, 9.17) is 15.7 Å². The molecule has 11 nitrogen and oxygen atoms in total. The number of fused-ring (bicyclic) bond motifs is 1. The number of aromatic nitrogens is 2. The lowest BCUT2D eigenvalue weighted by molar-refractivity contribution is 0.0699. The van der Waals surface area contributed by atoms with Crippen LogP contribution in [0.15, 0.2) is 52.3 Å². The lowest BCUT2D eigenvalue weighted by Crippen LogP contribution is -2.39. The predicted molar refractivity (Wildman–Crippen MR) is 124 cm³/mol. The van der Waals surface area contributed by atoms with Crippen LogP contribution in [0.1, 0.15) is 27.2 Å². The van der Waals surface area contributed by atoms with Gasteiger partial charge in [0.15, 0.2) is 6.19 Å². The average Bonchev–Trinajstić information content (AvgIpc) is 3.32. The average molecular weight is 461 g/mol. The molecular formula is C23H23N7O4. The number of nitrogens with two attached hydrogens (primary N) is 1. The third-order valence-electron chi connectivity index (χ3n) is 5.65. The molecule has 1 aromatic heterocycles. The first-order valence-electron chi connectivity index (χ1n) is 10.4. The lowest BCUT2D eigenvalue weighted by Gasteiger charge is -2.28. The van der Waals surface area contributed by atoms with Gasteiger partial charge in [-0.2, -0.15) is 5.26 Å². The van der Waals surface area contributed by atoms with Crippen LogP contribution in [0.2, 0.25) is 0 Å². The number of nitrogens with one attached hydrogen (secondary N) is 3. The number of hydrogen-bond donors (Lipinski definition) is 5. The minimum Gasteiger partial charge on any atom is -0.497 e. The van der Waals surface area contributed by atoms with Crippen molar-refractivity contribution in [2.45, 2.75) is 25.4 Å². The summed E-state index contributed by atoms with van der Waals surface area (Å²) in [5.41, 5.74) is 8.34. The predicted octanol–water partition coefficient (Wildman–Crippen LogP) is 1.24. The van der Waals surface area contributed by atoms with Gasteiger partial charge >= 0.3 is 5.69 Å². The molecule has 0 fully saturated rings. The maximum atomic E-state index is 13.3. The van der Waals surface area contributed by atoms with Gasteiger partial charge in [-0.25, -0.2) is 9.79 Å². The van der Waals surface area contributed by atoms with Crippen LogP contribution in [-0.2, 0) is 19.4 Å². The molecule has 34 heavy (non-hydrogen) atoms. The van der Waals surface area contributed by atoms with E-state index in [-0.39, 0.29) is 30.2 Å². The highest BCUT2D eigenvalue weighted by Crippen LogP contribution is 2.30. The van der Waals surface area contributed by atoms with Crippen molar-refractivity contribution < 1.29 is 14.6 Å². The molecule has 3 aromatic rings. The molecule has 1 aliphatic heterocycles. The Morgan fingerprint density at radius 3 is 2.68 bits per heavy atom. The fourth-order valence-electron chi connectivity index (χ4n) is 4.01.